The van der Waals surface area contributed by atoms with E-state index in [0.29, 0.717) is 16.5 Å². The molecule has 2 fully saturated rings. The third-order valence-electron chi connectivity index (χ3n) is 3.93. The molecule has 0 bridgehead atoms. The van der Waals surface area contributed by atoms with Gasteiger partial charge in [-0.3, -0.25) is 4.79 Å². The highest BCUT2D eigenvalue weighted by molar-refractivity contribution is 8.00. The maximum atomic E-state index is 11.7. The van der Waals surface area contributed by atoms with Crippen LogP contribution in [-0.2, 0) is 9.53 Å². The lowest BCUT2D eigenvalue weighted by atomic mass is 9.95. The van der Waals surface area contributed by atoms with E-state index < -0.39 is 5.54 Å². The lowest BCUT2D eigenvalue weighted by Gasteiger charge is -2.32. The molecule has 1 saturated heterocycles. The Morgan fingerprint density at radius 1 is 1.42 bits per heavy atom. The molecule has 4 nitrogen and oxygen atoms in total. The molecule has 0 spiro atoms. The van der Waals surface area contributed by atoms with Crippen LogP contribution in [-0.4, -0.2) is 41.2 Å². The summed E-state index contributed by atoms with van der Waals surface area (Å²) in [5.74, 6) is -0.223. The predicted octanol–water partition coefficient (Wildman–Crippen LogP) is 1.67. The maximum absolute atomic E-state index is 11.7. The minimum Gasteiger partial charge on any atom is -0.381 e. The van der Waals surface area contributed by atoms with Gasteiger partial charge in [0.05, 0.1) is 5.54 Å². The van der Waals surface area contributed by atoms with Crippen molar-refractivity contribution in [2.45, 2.75) is 68.0 Å². The van der Waals surface area contributed by atoms with E-state index in [-0.39, 0.29) is 5.91 Å². The summed E-state index contributed by atoms with van der Waals surface area (Å²) in [7, 11) is 0. The van der Waals surface area contributed by atoms with E-state index in [2.05, 4.69) is 12.2 Å². The van der Waals surface area contributed by atoms with E-state index in [4.69, 9.17) is 10.5 Å². The van der Waals surface area contributed by atoms with Crippen LogP contribution in [0.1, 0.15) is 46.0 Å². The molecule has 1 aliphatic carbocycles. The molecule has 0 aromatic carbocycles. The van der Waals surface area contributed by atoms with Crippen molar-refractivity contribution in [1.82, 2.24) is 5.32 Å². The molecule has 0 radical (unpaired) electrons. The second-order valence-corrected chi connectivity index (χ2v) is 7.82. The maximum Gasteiger partial charge on any atom is 0.237 e. The first-order valence-corrected chi connectivity index (χ1v) is 8.25. The summed E-state index contributed by atoms with van der Waals surface area (Å²) >= 11 is 1.98. The van der Waals surface area contributed by atoms with Crippen molar-refractivity contribution >= 4 is 17.7 Å². The standard InChI is InChI=1S/C14H26N2O2S/c1-10(19-12-5-7-18-8-6-12)9-14(2,13(15)17)16-11-3-4-11/h10-12,16H,3-9H2,1-2H3,(H2,15,17). The quantitative estimate of drug-likeness (QED) is 0.747. The summed E-state index contributed by atoms with van der Waals surface area (Å²) < 4.78 is 5.38. The molecule has 3 N–H and O–H groups in total. The highest BCUT2D eigenvalue weighted by Crippen LogP contribution is 2.32. The van der Waals surface area contributed by atoms with Gasteiger partial charge in [-0.1, -0.05) is 6.92 Å². The zero-order chi connectivity index (χ0) is 13.9. The number of nitrogens with one attached hydrogen (secondary N) is 1. The van der Waals surface area contributed by atoms with Crippen molar-refractivity contribution < 1.29 is 9.53 Å². The van der Waals surface area contributed by atoms with Crippen molar-refractivity contribution in [3.63, 3.8) is 0 Å². The number of rotatable bonds is 7. The number of primary amides is 1. The topological polar surface area (TPSA) is 64.3 Å². The summed E-state index contributed by atoms with van der Waals surface area (Å²) in [6.45, 7) is 5.90. The van der Waals surface area contributed by atoms with Crippen LogP contribution >= 0.6 is 11.8 Å². The molecule has 0 aromatic heterocycles. The van der Waals surface area contributed by atoms with Gasteiger partial charge in [-0.15, -0.1) is 0 Å². The van der Waals surface area contributed by atoms with E-state index in [1.54, 1.807) is 0 Å². The van der Waals surface area contributed by atoms with E-state index in [0.717, 1.165) is 32.5 Å². The second-order valence-electron chi connectivity index (χ2n) is 6.08. The number of nitrogens with two attached hydrogens (primary N) is 1. The van der Waals surface area contributed by atoms with Gasteiger partial charge in [0, 0.05) is 29.8 Å². The number of carbonyl (C=O) groups excluding carboxylic acids is 1. The van der Waals surface area contributed by atoms with Gasteiger partial charge in [-0.25, -0.2) is 0 Å². The van der Waals surface area contributed by atoms with Crippen molar-refractivity contribution in [3.8, 4) is 0 Å². The fraction of sp³-hybridized carbons (Fsp3) is 0.929. The van der Waals surface area contributed by atoms with Crippen molar-refractivity contribution in [2.24, 2.45) is 5.73 Å². The largest absolute Gasteiger partial charge is 0.381 e. The summed E-state index contributed by atoms with van der Waals surface area (Å²) in [5.41, 5.74) is 5.04. The fourth-order valence-electron chi connectivity index (χ4n) is 2.67. The van der Waals surface area contributed by atoms with E-state index >= 15 is 0 Å². The average Bonchev–Trinajstić information content (AvgIpc) is 3.13. The highest BCUT2D eigenvalue weighted by Gasteiger charge is 2.38. The van der Waals surface area contributed by atoms with Crippen molar-refractivity contribution in [1.29, 1.82) is 0 Å². The molecule has 19 heavy (non-hydrogen) atoms. The zero-order valence-electron chi connectivity index (χ0n) is 12.0. The van der Waals surface area contributed by atoms with Gasteiger partial charge >= 0.3 is 0 Å². The SMILES string of the molecule is CC(CC(C)(NC1CC1)C(N)=O)SC1CCOCC1. The molecule has 2 unspecified atom stereocenters. The Hall–Kier alpha value is -0.260. The molecule has 1 saturated carbocycles. The van der Waals surface area contributed by atoms with Crippen LogP contribution in [0.25, 0.3) is 0 Å². The summed E-state index contributed by atoms with van der Waals surface area (Å²) in [6, 6.07) is 0.498. The van der Waals surface area contributed by atoms with E-state index in [1.165, 1.54) is 12.8 Å². The third kappa shape index (κ3) is 4.65. The Morgan fingerprint density at radius 2 is 2.05 bits per heavy atom. The molecule has 1 aliphatic heterocycles. The normalized spacial score (nSPS) is 25.8. The smallest absolute Gasteiger partial charge is 0.237 e. The van der Waals surface area contributed by atoms with Crippen LogP contribution in [0.5, 0.6) is 0 Å². The average molecular weight is 286 g/mol. The van der Waals surface area contributed by atoms with Crippen LogP contribution in [0, 0.1) is 0 Å². The van der Waals surface area contributed by atoms with Gasteiger partial charge in [0.2, 0.25) is 5.91 Å². The first kappa shape index (κ1) is 15.1. The predicted molar refractivity (Wildman–Crippen MR) is 79.3 cm³/mol. The Morgan fingerprint density at radius 3 is 2.58 bits per heavy atom. The molecule has 5 heteroatoms. The first-order valence-electron chi connectivity index (χ1n) is 7.30. The summed E-state index contributed by atoms with van der Waals surface area (Å²) in [4.78, 5) is 11.7. The van der Waals surface area contributed by atoms with Crippen molar-refractivity contribution in [2.75, 3.05) is 13.2 Å². The van der Waals surface area contributed by atoms with E-state index in [1.807, 2.05) is 18.7 Å². The number of hydrogen-bond acceptors (Lipinski definition) is 4. The lowest BCUT2D eigenvalue weighted by molar-refractivity contribution is -0.124. The van der Waals surface area contributed by atoms with Gasteiger partial charge in [-0.05, 0) is 39.0 Å². The highest BCUT2D eigenvalue weighted by atomic mass is 32.2. The molecule has 0 aromatic rings. The second kappa shape index (κ2) is 6.46. The summed E-state index contributed by atoms with van der Waals surface area (Å²) in [6.07, 6.45) is 5.40. The number of hydrogen-bond donors (Lipinski definition) is 2. The Kier molecular flexibility index (Phi) is 5.15. The minimum absolute atomic E-state index is 0.223. The molecule has 2 atom stereocenters. The van der Waals surface area contributed by atoms with Gasteiger partial charge in [0.25, 0.3) is 0 Å². The number of amides is 1. The molecule has 1 amide bonds. The van der Waals surface area contributed by atoms with Crippen LogP contribution in [0.2, 0.25) is 0 Å². The lowest BCUT2D eigenvalue weighted by Crippen LogP contribution is -2.55. The summed E-state index contributed by atoms with van der Waals surface area (Å²) in [5, 5.41) is 4.53. The fourth-order valence-corrected chi connectivity index (χ4v) is 4.22. The molecular formula is C14H26N2O2S. The molecule has 1 heterocycles. The van der Waals surface area contributed by atoms with Gasteiger partial charge in [0.1, 0.15) is 0 Å². The number of ether oxygens (including phenoxy) is 1. The van der Waals surface area contributed by atoms with Crippen LogP contribution in [0.15, 0.2) is 0 Å². The molecular weight excluding hydrogens is 260 g/mol. The number of carbonyl (C=O) groups is 1. The Bertz CT molecular complexity index is 317. The minimum atomic E-state index is -0.557. The monoisotopic (exact) mass is 286 g/mol. The van der Waals surface area contributed by atoms with Crippen LogP contribution in [0.4, 0.5) is 0 Å². The molecule has 2 rings (SSSR count). The Balaban J connectivity index is 1.83. The third-order valence-corrected chi connectivity index (χ3v) is 5.42. The first-order chi connectivity index (χ1) is 8.99. The zero-order valence-corrected chi connectivity index (χ0v) is 12.8. The molecule has 110 valence electrons. The van der Waals surface area contributed by atoms with Gasteiger partial charge in [-0.2, -0.15) is 11.8 Å². The Labute approximate surface area is 120 Å². The molecule has 2 aliphatic rings. The van der Waals surface area contributed by atoms with E-state index in [9.17, 15) is 4.79 Å². The number of thioether (sulfide) groups is 1. The van der Waals surface area contributed by atoms with Crippen LogP contribution < -0.4 is 11.1 Å². The van der Waals surface area contributed by atoms with Crippen molar-refractivity contribution in [3.05, 3.63) is 0 Å². The van der Waals surface area contributed by atoms with Gasteiger partial charge in [0.15, 0.2) is 0 Å². The van der Waals surface area contributed by atoms with Gasteiger partial charge < -0.3 is 15.8 Å². The van der Waals surface area contributed by atoms with Crippen LogP contribution in [0.3, 0.4) is 0 Å².